The highest BCUT2D eigenvalue weighted by atomic mass is 32.2. The van der Waals surface area contributed by atoms with Crippen LogP contribution >= 0.6 is 0 Å². The number of sulfonamides is 1. The van der Waals surface area contributed by atoms with Crippen LogP contribution in [0, 0.1) is 12.8 Å². The summed E-state index contributed by atoms with van der Waals surface area (Å²) in [4.78, 5) is 49.3. The Morgan fingerprint density at radius 2 is 1.85 bits per heavy atom. The van der Waals surface area contributed by atoms with E-state index in [4.69, 9.17) is 9.72 Å². The number of ether oxygens (including phenoxy) is 1. The Morgan fingerprint density at radius 3 is 2.58 bits per heavy atom. The van der Waals surface area contributed by atoms with Gasteiger partial charge in [-0.05, 0) is 96.0 Å². The third-order valence-corrected chi connectivity index (χ3v) is 13.4. The van der Waals surface area contributed by atoms with E-state index in [0.29, 0.717) is 25.3 Å². The van der Waals surface area contributed by atoms with Gasteiger partial charge >= 0.3 is 0 Å². The van der Waals surface area contributed by atoms with Crippen molar-refractivity contribution in [2.24, 2.45) is 5.92 Å². The van der Waals surface area contributed by atoms with Crippen LogP contribution < -0.4 is 20.1 Å². The highest BCUT2D eigenvalue weighted by Crippen LogP contribution is 2.47. The zero-order chi connectivity index (χ0) is 36.8. The number of aromatic nitrogens is 2. The molecule has 278 valence electrons. The van der Waals surface area contributed by atoms with E-state index in [-0.39, 0.29) is 37.3 Å². The predicted molar refractivity (Wildman–Crippen MR) is 199 cm³/mol. The number of para-hydroxylation sites is 1. The van der Waals surface area contributed by atoms with Gasteiger partial charge in [0.25, 0.3) is 11.9 Å². The fraction of sp³-hybridized carbons (Fsp3) is 0.538. The molecular formula is C39H50N6O6S. The first-order chi connectivity index (χ1) is 24.8. The zero-order valence-corrected chi connectivity index (χ0v) is 31.2. The fourth-order valence-corrected chi connectivity index (χ4v) is 8.91. The van der Waals surface area contributed by atoms with Crippen molar-refractivity contribution in [2.45, 2.75) is 120 Å². The first-order valence-electron chi connectivity index (χ1n) is 18.6. The molecule has 2 aliphatic heterocycles. The summed E-state index contributed by atoms with van der Waals surface area (Å²) in [6.45, 7) is 7.90. The van der Waals surface area contributed by atoms with Crippen molar-refractivity contribution in [3.63, 3.8) is 0 Å². The number of carbonyl (C=O) groups is 3. The molecule has 0 unspecified atom stereocenters. The van der Waals surface area contributed by atoms with Gasteiger partial charge in [-0.3, -0.25) is 23.7 Å². The number of nitrogens with zero attached hydrogens (tertiary/aromatic N) is 3. The summed E-state index contributed by atoms with van der Waals surface area (Å²) in [5.41, 5.74) is 2.19. The number of fused-ring (bicyclic) bond motifs is 3. The number of carbonyl (C=O) groups excluding carboxylic acids is 3. The van der Waals surface area contributed by atoms with Gasteiger partial charge in [-0.1, -0.05) is 49.3 Å². The van der Waals surface area contributed by atoms with Crippen LogP contribution in [0.5, 0.6) is 6.01 Å². The van der Waals surface area contributed by atoms with Gasteiger partial charge in [0.05, 0.1) is 22.3 Å². The van der Waals surface area contributed by atoms with E-state index >= 15 is 0 Å². The molecule has 5 atom stereocenters. The molecule has 3 amide bonds. The number of imidazole rings is 1. The lowest BCUT2D eigenvalue weighted by Gasteiger charge is -2.30. The second kappa shape index (κ2) is 13.9. The molecule has 2 aromatic carbocycles. The summed E-state index contributed by atoms with van der Waals surface area (Å²) < 4.78 is 36.2. The van der Waals surface area contributed by atoms with Gasteiger partial charge in [0.2, 0.25) is 21.8 Å². The van der Waals surface area contributed by atoms with E-state index in [9.17, 15) is 22.8 Å². The van der Waals surface area contributed by atoms with Crippen molar-refractivity contribution in [1.29, 1.82) is 0 Å². The molecular weight excluding hydrogens is 681 g/mol. The van der Waals surface area contributed by atoms with Crippen LogP contribution in [0.1, 0.15) is 90.2 Å². The summed E-state index contributed by atoms with van der Waals surface area (Å²) in [5.74, 6) is -1.85. The SMILES string of the molecule is Cc1ccc2nc(O[C@@H]3C[C@H]4C(=O)N[C@]5(C(=O)NS(=O)(=O)C6(C)CC6)C[C@H]5C=CCCCCC[C@H](Nc5ccccc5)C(=O)N4C3)n(C(C)C)c2c1. The zero-order valence-electron chi connectivity index (χ0n) is 30.4. The highest BCUT2D eigenvalue weighted by molar-refractivity contribution is 7.91. The lowest BCUT2D eigenvalue weighted by atomic mass is 10.0. The molecule has 4 aliphatic rings. The number of amides is 3. The maximum Gasteiger partial charge on any atom is 0.297 e. The number of allylic oxidation sites excluding steroid dienone is 1. The van der Waals surface area contributed by atoms with Gasteiger partial charge in [-0.15, -0.1) is 0 Å². The Kier molecular flexibility index (Phi) is 9.60. The molecule has 3 aromatic rings. The minimum atomic E-state index is -3.94. The molecule has 3 heterocycles. The van der Waals surface area contributed by atoms with Gasteiger partial charge in [0.15, 0.2) is 0 Å². The Hall–Kier alpha value is -4.39. The maximum atomic E-state index is 14.6. The molecule has 7 rings (SSSR count). The lowest BCUT2D eigenvalue weighted by molar-refractivity contribution is -0.140. The molecule has 2 saturated carbocycles. The predicted octanol–water partition coefficient (Wildman–Crippen LogP) is 5.15. The monoisotopic (exact) mass is 730 g/mol. The number of hydrogen-bond acceptors (Lipinski definition) is 8. The van der Waals surface area contributed by atoms with Crippen LogP contribution in [0.3, 0.4) is 0 Å². The number of nitrogens with one attached hydrogen (secondary N) is 3. The van der Waals surface area contributed by atoms with Gasteiger partial charge in [-0.2, -0.15) is 4.98 Å². The van der Waals surface area contributed by atoms with Gasteiger partial charge < -0.3 is 20.3 Å². The van der Waals surface area contributed by atoms with Crippen molar-refractivity contribution in [3.05, 3.63) is 66.2 Å². The second-order valence-corrected chi connectivity index (χ2v) is 17.8. The summed E-state index contributed by atoms with van der Waals surface area (Å²) in [6, 6.07) is 14.5. The molecule has 0 radical (unpaired) electrons. The van der Waals surface area contributed by atoms with Gasteiger partial charge in [0, 0.05) is 24.1 Å². The normalized spacial score (nSPS) is 27.6. The molecule has 3 fully saturated rings. The molecule has 2 aliphatic carbocycles. The van der Waals surface area contributed by atoms with Crippen LogP contribution in [-0.2, 0) is 24.4 Å². The minimum absolute atomic E-state index is 0.0328. The van der Waals surface area contributed by atoms with E-state index in [0.717, 1.165) is 48.0 Å². The third kappa shape index (κ3) is 7.03. The average molecular weight is 731 g/mol. The van der Waals surface area contributed by atoms with Crippen LogP contribution in [-0.4, -0.2) is 75.6 Å². The first-order valence-corrected chi connectivity index (χ1v) is 20.1. The molecule has 0 bridgehead atoms. The fourth-order valence-electron chi connectivity index (χ4n) is 7.59. The topological polar surface area (TPSA) is 152 Å². The molecule has 0 spiro atoms. The lowest BCUT2D eigenvalue weighted by Crippen LogP contribution is -2.58. The first kappa shape index (κ1) is 36.0. The van der Waals surface area contributed by atoms with Crippen LogP contribution in [0.15, 0.2) is 60.7 Å². The van der Waals surface area contributed by atoms with Crippen molar-refractivity contribution in [1.82, 2.24) is 24.5 Å². The number of hydrogen-bond donors (Lipinski definition) is 3. The molecule has 1 aromatic heterocycles. The summed E-state index contributed by atoms with van der Waals surface area (Å²) >= 11 is 0. The highest BCUT2D eigenvalue weighted by Gasteiger charge is 2.63. The Balaban J connectivity index is 1.21. The smallest absolute Gasteiger partial charge is 0.297 e. The van der Waals surface area contributed by atoms with Gasteiger partial charge in [0.1, 0.15) is 23.7 Å². The molecule has 12 nitrogen and oxygen atoms in total. The Bertz CT molecular complexity index is 1990. The van der Waals surface area contributed by atoms with Crippen molar-refractivity contribution >= 4 is 44.5 Å². The van der Waals surface area contributed by atoms with Crippen LogP contribution in [0.25, 0.3) is 11.0 Å². The van der Waals surface area contributed by atoms with Crippen LogP contribution in [0.4, 0.5) is 5.69 Å². The van der Waals surface area contributed by atoms with Gasteiger partial charge in [-0.25, -0.2) is 8.42 Å². The molecule has 52 heavy (non-hydrogen) atoms. The third-order valence-electron chi connectivity index (χ3n) is 11.2. The van der Waals surface area contributed by atoms with E-state index in [2.05, 4.69) is 35.3 Å². The summed E-state index contributed by atoms with van der Waals surface area (Å²) in [5, 5.41) is 6.40. The van der Waals surface area contributed by atoms with E-state index in [1.165, 1.54) is 0 Å². The Labute approximate surface area is 305 Å². The quantitative estimate of drug-likeness (QED) is 0.270. The van der Waals surface area contributed by atoms with Crippen molar-refractivity contribution in [3.8, 4) is 6.01 Å². The molecule has 13 heteroatoms. The standard InChI is InChI=1S/C39H50N6O6S/c1-25(2)45-32-21-26(3)17-18-30(32)41-37(45)51-29-22-33-34(46)42-39(36(48)43-52(49,50)38(4)19-20-38)23-27(39)13-9-6-5-7-12-16-31(35(47)44(33)24-29)40-28-14-10-8-11-15-28/h8-11,13-15,17-18,21,25,27,29,31,33,40H,5-7,12,16,19-20,22-24H2,1-4H3,(H,42,46)(H,43,48)/t27-,29-,31+,33+,39-/m1/s1. The number of benzene rings is 2. The average Bonchev–Trinajstić information content (AvgIpc) is 3.93. The van der Waals surface area contributed by atoms with Crippen LogP contribution in [0.2, 0.25) is 0 Å². The molecule has 1 saturated heterocycles. The Morgan fingerprint density at radius 1 is 1.08 bits per heavy atom. The van der Waals surface area contributed by atoms with E-state index in [1.807, 2.05) is 66.1 Å². The summed E-state index contributed by atoms with van der Waals surface area (Å²) in [6.07, 6.45) is 8.70. The van der Waals surface area contributed by atoms with Crippen molar-refractivity contribution < 1.29 is 27.5 Å². The number of rotatable bonds is 8. The van der Waals surface area contributed by atoms with Crippen molar-refractivity contribution in [2.75, 3.05) is 11.9 Å². The largest absolute Gasteiger partial charge is 0.459 e. The second-order valence-electron chi connectivity index (χ2n) is 15.6. The summed E-state index contributed by atoms with van der Waals surface area (Å²) in [7, 11) is -3.94. The van der Waals surface area contributed by atoms with E-state index < -0.39 is 50.3 Å². The minimum Gasteiger partial charge on any atom is -0.459 e. The number of anilines is 1. The molecule has 3 N–H and O–H groups in total. The number of aryl methyl sites for hydroxylation is 1. The maximum absolute atomic E-state index is 14.6. The van der Waals surface area contributed by atoms with E-state index in [1.54, 1.807) is 11.8 Å².